The molecule has 0 saturated carbocycles. The first kappa shape index (κ1) is 22.9. The van der Waals surface area contributed by atoms with Crippen LogP contribution >= 0.6 is 0 Å². The maximum absolute atomic E-state index is 13.4. The summed E-state index contributed by atoms with van der Waals surface area (Å²) in [6.07, 6.45) is 1.57. The van der Waals surface area contributed by atoms with E-state index in [-0.39, 0.29) is 22.2 Å². The van der Waals surface area contributed by atoms with Gasteiger partial charge < -0.3 is 14.5 Å². The molecule has 178 valence electrons. The van der Waals surface area contributed by atoms with Gasteiger partial charge in [0.15, 0.2) is 0 Å². The van der Waals surface area contributed by atoms with Gasteiger partial charge in [-0.1, -0.05) is 54.1 Å². The van der Waals surface area contributed by atoms with E-state index >= 15 is 0 Å². The molecule has 2 aromatic heterocycles. The summed E-state index contributed by atoms with van der Waals surface area (Å²) in [4.78, 5) is 13.3. The lowest BCUT2D eigenvalue weighted by Crippen LogP contribution is -2.30. The van der Waals surface area contributed by atoms with Crippen LogP contribution in [0.4, 0.5) is 0 Å². The number of aryl methyl sites for hydroxylation is 2. The number of fused-ring (bicyclic) bond motifs is 2. The highest BCUT2D eigenvalue weighted by Gasteiger charge is 2.23. The molecule has 2 heterocycles. The van der Waals surface area contributed by atoms with E-state index in [1.165, 1.54) is 5.39 Å². The molecule has 0 fully saturated rings. The summed E-state index contributed by atoms with van der Waals surface area (Å²) in [6.45, 7) is 5.15. The van der Waals surface area contributed by atoms with Gasteiger partial charge in [-0.3, -0.25) is 4.79 Å². The van der Waals surface area contributed by atoms with E-state index in [0.29, 0.717) is 24.0 Å². The SMILES string of the molecule is Cc1ccc(S(=O)(=O)c2cn(CC(=O)NCCn3c(C)cc4ccccc43)c3ccccc23)cc1. The van der Waals surface area contributed by atoms with Crippen molar-refractivity contribution in [2.45, 2.75) is 36.7 Å². The first-order chi connectivity index (χ1) is 16.8. The number of rotatable bonds is 7. The predicted octanol–water partition coefficient (Wildman–Crippen LogP) is 4.86. The van der Waals surface area contributed by atoms with Crippen molar-refractivity contribution in [1.29, 1.82) is 0 Å². The van der Waals surface area contributed by atoms with Crippen LogP contribution in [-0.2, 0) is 27.7 Å². The van der Waals surface area contributed by atoms with E-state index in [1.54, 1.807) is 41.1 Å². The van der Waals surface area contributed by atoms with E-state index < -0.39 is 9.84 Å². The number of sulfone groups is 1. The van der Waals surface area contributed by atoms with E-state index in [9.17, 15) is 13.2 Å². The number of aromatic nitrogens is 2. The zero-order chi connectivity index (χ0) is 24.6. The molecule has 0 saturated heterocycles. The molecule has 5 aromatic rings. The lowest BCUT2D eigenvalue weighted by atomic mass is 10.2. The Morgan fingerprint density at radius 1 is 0.886 bits per heavy atom. The van der Waals surface area contributed by atoms with Crippen LogP contribution in [0.15, 0.2) is 94.9 Å². The highest BCUT2D eigenvalue weighted by atomic mass is 32.2. The van der Waals surface area contributed by atoms with Crippen LogP contribution in [0.5, 0.6) is 0 Å². The van der Waals surface area contributed by atoms with Crippen molar-refractivity contribution in [3.05, 3.63) is 96.3 Å². The Morgan fingerprint density at radius 2 is 1.57 bits per heavy atom. The van der Waals surface area contributed by atoms with Crippen molar-refractivity contribution in [3.63, 3.8) is 0 Å². The molecule has 35 heavy (non-hydrogen) atoms. The lowest BCUT2D eigenvalue weighted by molar-refractivity contribution is -0.121. The summed E-state index contributed by atoms with van der Waals surface area (Å²) in [5, 5.41) is 4.77. The number of carbonyl (C=O) groups excluding carboxylic acids is 1. The molecule has 0 aliphatic rings. The van der Waals surface area contributed by atoms with Gasteiger partial charge in [-0.2, -0.15) is 0 Å². The van der Waals surface area contributed by atoms with Gasteiger partial charge in [-0.25, -0.2) is 8.42 Å². The van der Waals surface area contributed by atoms with Crippen LogP contribution in [0, 0.1) is 13.8 Å². The van der Waals surface area contributed by atoms with Gasteiger partial charge in [-0.15, -0.1) is 0 Å². The predicted molar refractivity (Wildman–Crippen MR) is 138 cm³/mol. The molecular formula is C28H27N3O3S. The summed E-state index contributed by atoms with van der Waals surface area (Å²) in [5.41, 5.74) is 3.98. The third kappa shape index (κ3) is 4.35. The normalized spacial score (nSPS) is 11.8. The minimum Gasteiger partial charge on any atom is -0.353 e. The Kier molecular flexibility index (Phi) is 5.94. The molecule has 0 radical (unpaired) electrons. The molecule has 1 amide bonds. The van der Waals surface area contributed by atoms with E-state index in [2.05, 4.69) is 35.0 Å². The summed E-state index contributed by atoms with van der Waals surface area (Å²) in [7, 11) is -3.73. The smallest absolute Gasteiger partial charge is 0.240 e. The highest BCUT2D eigenvalue weighted by Crippen LogP contribution is 2.30. The van der Waals surface area contributed by atoms with Crippen LogP contribution in [0.3, 0.4) is 0 Å². The second-order valence-electron chi connectivity index (χ2n) is 8.80. The number of nitrogens with one attached hydrogen (secondary N) is 1. The maximum Gasteiger partial charge on any atom is 0.240 e. The van der Waals surface area contributed by atoms with Crippen LogP contribution < -0.4 is 5.32 Å². The second-order valence-corrected chi connectivity index (χ2v) is 10.7. The Bertz CT molecular complexity index is 1640. The standard InChI is InChI=1S/C28H27N3O3S/c1-20-11-13-23(14-12-20)35(33,34)27-18-30(26-10-6-4-8-24(26)27)19-28(32)29-15-16-31-21(2)17-22-7-3-5-9-25(22)31/h3-14,17-18H,15-16,19H2,1-2H3,(H,29,32). The number of hydrogen-bond donors (Lipinski definition) is 1. The monoisotopic (exact) mass is 485 g/mol. The number of hydrogen-bond acceptors (Lipinski definition) is 3. The zero-order valence-corrected chi connectivity index (χ0v) is 20.5. The largest absolute Gasteiger partial charge is 0.353 e. The molecule has 0 unspecified atom stereocenters. The van der Waals surface area contributed by atoms with Gasteiger partial charge in [0.05, 0.1) is 9.79 Å². The van der Waals surface area contributed by atoms with Crippen LogP contribution in [0.1, 0.15) is 11.3 Å². The number of carbonyl (C=O) groups is 1. The molecular weight excluding hydrogens is 458 g/mol. The number of nitrogens with zero attached hydrogens (tertiary/aromatic N) is 2. The lowest BCUT2D eigenvalue weighted by Gasteiger charge is -2.10. The van der Waals surface area contributed by atoms with Crippen LogP contribution in [0.2, 0.25) is 0 Å². The molecule has 5 rings (SSSR count). The quantitative estimate of drug-likeness (QED) is 0.358. The third-order valence-corrected chi connectivity index (χ3v) is 8.16. The fourth-order valence-corrected chi connectivity index (χ4v) is 6.04. The second kappa shape index (κ2) is 9.07. The molecule has 0 aliphatic heterocycles. The van der Waals surface area contributed by atoms with Crippen LogP contribution in [-0.4, -0.2) is 30.0 Å². The fraction of sp³-hybridized carbons (Fsp3) is 0.179. The van der Waals surface area contributed by atoms with Gasteiger partial charge in [0.2, 0.25) is 15.7 Å². The first-order valence-electron chi connectivity index (χ1n) is 11.6. The number of benzene rings is 3. The molecule has 0 atom stereocenters. The Morgan fingerprint density at radius 3 is 2.34 bits per heavy atom. The molecule has 0 bridgehead atoms. The van der Waals surface area contributed by atoms with Gasteiger partial charge in [0.25, 0.3) is 0 Å². The van der Waals surface area contributed by atoms with Crippen molar-refractivity contribution >= 4 is 37.6 Å². The Balaban J connectivity index is 1.35. The Labute approximate surface area is 204 Å². The highest BCUT2D eigenvalue weighted by molar-refractivity contribution is 7.91. The molecule has 3 aromatic carbocycles. The van der Waals surface area contributed by atoms with Crippen molar-refractivity contribution < 1.29 is 13.2 Å². The van der Waals surface area contributed by atoms with Crippen molar-refractivity contribution in [2.75, 3.05) is 6.54 Å². The maximum atomic E-state index is 13.4. The van der Waals surface area contributed by atoms with E-state index in [1.807, 2.05) is 37.3 Å². The van der Waals surface area contributed by atoms with Crippen LogP contribution in [0.25, 0.3) is 21.8 Å². The van der Waals surface area contributed by atoms with Gasteiger partial charge >= 0.3 is 0 Å². The molecule has 0 spiro atoms. The number of para-hydroxylation sites is 2. The van der Waals surface area contributed by atoms with E-state index in [4.69, 9.17) is 0 Å². The molecule has 6 nitrogen and oxygen atoms in total. The minimum absolute atomic E-state index is 0.0370. The Hall–Kier alpha value is -3.84. The van der Waals surface area contributed by atoms with Crippen molar-refractivity contribution in [3.8, 4) is 0 Å². The molecule has 7 heteroatoms. The topological polar surface area (TPSA) is 73.1 Å². The summed E-state index contributed by atoms with van der Waals surface area (Å²) < 4.78 is 30.7. The van der Waals surface area contributed by atoms with Gasteiger partial charge in [-0.05, 0) is 49.6 Å². The summed E-state index contributed by atoms with van der Waals surface area (Å²) >= 11 is 0. The summed E-state index contributed by atoms with van der Waals surface area (Å²) in [6, 6.07) is 24.4. The van der Waals surface area contributed by atoms with Gasteiger partial charge in [0.1, 0.15) is 6.54 Å². The average Bonchev–Trinajstić information content (AvgIpc) is 3.37. The van der Waals surface area contributed by atoms with Gasteiger partial charge in [0, 0.05) is 41.4 Å². The zero-order valence-electron chi connectivity index (χ0n) is 19.7. The molecule has 0 aliphatic carbocycles. The van der Waals surface area contributed by atoms with E-state index in [0.717, 1.165) is 16.8 Å². The summed E-state index contributed by atoms with van der Waals surface area (Å²) in [5.74, 6) is -0.167. The van der Waals surface area contributed by atoms with Crippen molar-refractivity contribution in [1.82, 2.24) is 14.5 Å². The fourth-order valence-electron chi connectivity index (χ4n) is 4.57. The third-order valence-electron chi connectivity index (χ3n) is 6.36. The first-order valence-corrected chi connectivity index (χ1v) is 13.0. The minimum atomic E-state index is -3.73. The molecule has 1 N–H and O–H groups in total. The van der Waals surface area contributed by atoms with Crippen molar-refractivity contribution in [2.24, 2.45) is 0 Å². The number of amides is 1. The average molecular weight is 486 g/mol.